The van der Waals surface area contributed by atoms with Crippen LogP contribution in [0.15, 0.2) is 60.7 Å². The Morgan fingerprint density at radius 3 is 2.71 bits per heavy atom. The van der Waals surface area contributed by atoms with Crippen LogP contribution in [0.3, 0.4) is 0 Å². The minimum absolute atomic E-state index is 0.174. The molecule has 1 heterocycles. The van der Waals surface area contributed by atoms with Crippen molar-refractivity contribution >= 4 is 22.4 Å². The number of fused-ring (bicyclic) bond motifs is 1. The summed E-state index contributed by atoms with van der Waals surface area (Å²) in [6, 6.07) is 21.2. The lowest BCUT2D eigenvalue weighted by atomic mass is 9.99. The number of nitrogens with one attached hydrogen (secondary N) is 1. The number of carbonyl (C=O) groups is 1. The van der Waals surface area contributed by atoms with E-state index < -0.39 is 0 Å². The van der Waals surface area contributed by atoms with Crippen molar-refractivity contribution in [2.75, 3.05) is 18.6 Å². The van der Waals surface area contributed by atoms with Crippen LogP contribution in [0.2, 0.25) is 0 Å². The zero-order valence-electron chi connectivity index (χ0n) is 16.4. The van der Waals surface area contributed by atoms with Gasteiger partial charge < -0.3 is 15.0 Å². The minimum atomic E-state index is 0.174. The fraction of sp³-hybridized carbons (Fsp3) is 0.292. The van der Waals surface area contributed by atoms with E-state index in [1.165, 1.54) is 16.3 Å². The van der Waals surface area contributed by atoms with Crippen LogP contribution in [0.4, 0.5) is 5.69 Å². The molecule has 4 heteroatoms. The van der Waals surface area contributed by atoms with E-state index in [4.69, 9.17) is 4.74 Å². The molecule has 0 aromatic heterocycles. The average molecular weight is 374 g/mol. The third-order valence-electron chi connectivity index (χ3n) is 5.51. The molecule has 4 rings (SSSR count). The number of nitrogens with zero attached hydrogens (tertiary/aromatic N) is 1. The molecule has 0 aliphatic carbocycles. The van der Waals surface area contributed by atoms with Crippen LogP contribution in [0.1, 0.15) is 36.9 Å². The molecule has 0 bridgehead atoms. The van der Waals surface area contributed by atoms with Gasteiger partial charge in [-0.15, -0.1) is 0 Å². The molecular formula is C24H26N2O2. The van der Waals surface area contributed by atoms with Crippen molar-refractivity contribution in [2.24, 2.45) is 0 Å². The monoisotopic (exact) mass is 374 g/mol. The number of hydrogen-bond donors (Lipinski definition) is 1. The predicted octanol–water partition coefficient (Wildman–Crippen LogP) is 4.83. The normalized spacial score (nSPS) is 15.2. The summed E-state index contributed by atoms with van der Waals surface area (Å²) in [5.74, 6) is 0.925. The van der Waals surface area contributed by atoms with Crippen LogP contribution in [-0.2, 0) is 11.3 Å². The zero-order valence-corrected chi connectivity index (χ0v) is 16.4. The van der Waals surface area contributed by atoms with E-state index in [9.17, 15) is 4.79 Å². The molecule has 28 heavy (non-hydrogen) atoms. The van der Waals surface area contributed by atoms with Crippen molar-refractivity contribution in [3.05, 3.63) is 71.8 Å². The summed E-state index contributed by atoms with van der Waals surface area (Å²) in [6.45, 7) is 3.68. The van der Waals surface area contributed by atoms with Gasteiger partial charge in [-0.3, -0.25) is 4.79 Å². The van der Waals surface area contributed by atoms with Crippen LogP contribution in [-0.4, -0.2) is 19.6 Å². The Hall–Kier alpha value is -2.85. The Morgan fingerprint density at radius 1 is 1.11 bits per heavy atom. The first-order valence-electron chi connectivity index (χ1n) is 9.85. The summed E-state index contributed by atoms with van der Waals surface area (Å²) in [4.78, 5) is 14.0. The van der Waals surface area contributed by atoms with Crippen LogP contribution in [0.25, 0.3) is 10.8 Å². The number of ether oxygens (including phenoxy) is 1. The molecule has 4 nitrogen and oxygen atoms in total. The molecule has 1 saturated heterocycles. The van der Waals surface area contributed by atoms with Gasteiger partial charge in [0.15, 0.2) is 0 Å². The van der Waals surface area contributed by atoms with Crippen molar-refractivity contribution in [1.29, 1.82) is 0 Å². The molecule has 0 spiro atoms. The quantitative estimate of drug-likeness (QED) is 0.672. The number of amides is 1. The van der Waals surface area contributed by atoms with Gasteiger partial charge in [0.05, 0.1) is 12.8 Å². The first-order valence-corrected chi connectivity index (χ1v) is 9.85. The van der Waals surface area contributed by atoms with E-state index in [2.05, 4.69) is 66.8 Å². The summed E-state index contributed by atoms with van der Waals surface area (Å²) in [6.07, 6.45) is 1.52. The molecule has 1 atom stereocenters. The Morgan fingerprint density at radius 2 is 1.93 bits per heavy atom. The predicted molar refractivity (Wildman–Crippen MR) is 114 cm³/mol. The molecule has 1 aliphatic rings. The summed E-state index contributed by atoms with van der Waals surface area (Å²) in [7, 11) is 1.65. The minimum Gasteiger partial charge on any atom is -0.495 e. The summed E-state index contributed by atoms with van der Waals surface area (Å²) in [5, 5.41) is 6.17. The van der Waals surface area contributed by atoms with E-state index in [0.717, 1.165) is 36.5 Å². The Labute approximate surface area is 166 Å². The second-order valence-electron chi connectivity index (χ2n) is 7.33. The third kappa shape index (κ3) is 3.60. The standard InChI is InChI=1S/C24H26N2O2/c1-17(20-10-5-8-19-7-3-4-9-21(19)20)25-16-18-12-13-23(28-2)22(15-18)26-14-6-11-24(26)27/h3-5,7-10,12-13,15,17,25H,6,11,14,16H2,1-2H3. The van der Waals surface area contributed by atoms with Crippen LogP contribution < -0.4 is 15.0 Å². The maximum atomic E-state index is 12.2. The molecule has 1 fully saturated rings. The third-order valence-corrected chi connectivity index (χ3v) is 5.51. The van der Waals surface area contributed by atoms with Gasteiger partial charge in [-0.1, -0.05) is 48.5 Å². The highest BCUT2D eigenvalue weighted by Crippen LogP contribution is 2.32. The van der Waals surface area contributed by atoms with Gasteiger partial charge in [0.2, 0.25) is 5.91 Å². The van der Waals surface area contributed by atoms with Crippen molar-refractivity contribution in [3.8, 4) is 5.75 Å². The van der Waals surface area contributed by atoms with Gasteiger partial charge in [-0.25, -0.2) is 0 Å². The topological polar surface area (TPSA) is 41.6 Å². The van der Waals surface area contributed by atoms with Crippen molar-refractivity contribution < 1.29 is 9.53 Å². The van der Waals surface area contributed by atoms with E-state index in [-0.39, 0.29) is 11.9 Å². The molecule has 144 valence electrons. The average Bonchev–Trinajstić information content (AvgIpc) is 3.17. The SMILES string of the molecule is COc1ccc(CNC(C)c2cccc3ccccc23)cc1N1CCCC1=O. The van der Waals surface area contributed by atoms with Gasteiger partial charge in [0.25, 0.3) is 0 Å². The molecule has 1 aliphatic heterocycles. The van der Waals surface area contributed by atoms with E-state index in [0.29, 0.717) is 6.42 Å². The van der Waals surface area contributed by atoms with Gasteiger partial charge >= 0.3 is 0 Å². The fourth-order valence-corrected chi connectivity index (χ4v) is 3.97. The van der Waals surface area contributed by atoms with Crippen molar-refractivity contribution in [1.82, 2.24) is 5.32 Å². The largest absolute Gasteiger partial charge is 0.495 e. The number of methoxy groups -OCH3 is 1. The number of carbonyl (C=O) groups excluding carboxylic acids is 1. The Bertz CT molecular complexity index is 994. The summed E-state index contributed by atoms with van der Waals surface area (Å²) >= 11 is 0. The second-order valence-corrected chi connectivity index (χ2v) is 7.33. The molecule has 0 saturated carbocycles. The van der Waals surface area contributed by atoms with E-state index >= 15 is 0 Å². The number of hydrogen-bond acceptors (Lipinski definition) is 3. The zero-order chi connectivity index (χ0) is 19.5. The lowest BCUT2D eigenvalue weighted by Crippen LogP contribution is -2.25. The summed E-state index contributed by atoms with van der Waals surface area (Å²) in [5.41, 5.74) is 3.31. The molecule has 1 N–H and O–H groups in total. The summed E-state index contributed by atoms with van der Waals surface area (Å²) < 4.78 is 5.49. The second kappa shape index (κ2) is 8.03. The van der Waals surface area contributed by atoms with Crippen LogP contribution in [0.5, 0.6) is 5.75 Å². The molecule has 1 amide bonds. The van der Waals surface area contributed by atoms with Crippen LogP contribution in [0, 0.1) is 0 Å². The highest BCUT2D eigenvalue weighted by Gasteiger charge is 2.24. The van der Waals surface area contributed by atoms with E-state index in [1.807, 2.05) is 11.0 Å². The van der Waals surface area contributed by atoms with Crippen molar-refractivity contribution in [2.45, 2.75) is 32.4 Å². The lowest BCUT2D eigenvalue weighted by molar-refractivity contribution is -0.117. The van der Waals surface area contributed by atoms with Gasteiger partial charge in [0.1, 0.15) is 5.75 Å². The molecule has 1 unspecified atom stereocenters. The van der Waals surface area contributed by atoms with Crippen molar-refractivity contribution in [3.63, 3.8) is 0 Å². The number of benzene rings is 3. The highest BCUT2D eigenvalue weighted by atomic mass is 16.5. The first kappa shape index (κ1) is 18.5. The van der Waals surface area contributed by atoms with Crippen LogP contribution >= 0.6 is 0 Å². The maximum Gasteiger partial charge on any atom is 0.227 e. The number of rotatable bonds is 6. The molecular weight excluding hydrogens is 348 g/mol. The smallest absolute Gasteiger partial charge is 0.227 e. The first-order chi connectivity index (χ1) is 13.7. The molecule has 3 aromatic rings. The number of anilines is 1. The van der Waals surface area contributed by atoms with Gasteiger partial charge in [0, 0.05) is 25.6 Å². The van der Waals surface area contributed by atoms with Gasteiger partial charge in [-0.05, 0) is 47.4 Å². The maximum absolute atomic E-state index is 12.2. The fourth-order valence-electron chi connectivity index (χ4n) is 3.97. The van der Waals surface area contributed by atoms with E-state index in [1.54, 1.807) is 7.11 Å². The molecule has 0 radical (unpaired) electrons. The Kier molecular flexibility index (Phi) is 5.31. The highest BCUT2D eigenvalue weighted by molar-refractivity contribution is 5.96. The Balaban J connectivity index is 1.54. The molecule has 3 aromatic carbocycles. The van der Waals surface area contributed by atoms with Gasteiger partial charge in [-0.2, -0.15) is 0 Å². The lowest BCUT2D eigenvalue weighted by Gasteiger charge is -2.21.